The van der Waals surface area contributed by atoms with Crippen LogP contribution in [-0.2, 0) is 14.8 Å². The van der Waals surface area contributed by atoms with Gasteiger partial charge >= 0.3 is 0 Å². The molecular formula is C18H22N6O4S. The molecule has 154 valence electrons. The van der Waals surface area contributed by atoms with E-state index in [-0.39, 0.29) is 30.1 Å². The standard InChI is InChI=1S/C18H22N6O4S/c1-3-28-14-6-4-5-12(23-14)18(29(19,26)27,11-7-17(2,25)8-11)13-9-20-15-16(24-13)22-10-21-15/h4-6,9-11,25H,3,7-8H2,1-2H3,(H2,19,26,27)(H,20,21,22,24). The summed E-state index contributed by atoms with van der Waals surface area (Å²) in [5, 5.41) is 16.2. The Hall–Kier alpha value is -2.63. The SMILES string of the molecule is CCOc1cccc(C(c2cnc3nc[nH]c3n2)(C2CC(C)(O)C2)S(N)(=O)=O)n1. The van der Waals surface area contributed by atoms with Crippen LogP contribution in [0.15, 0.2) is 30.7 Å². The number of hydrogen-bond acceptors (Lipinski definition) is 8. The van der Waals surface area contributed by atoms with E-state index >= 15 is 0 Å². The van der Waals surface area contributed by atoms with E-state index in [0.717, 1.165) is 0 Å². The number of nitrogens with two attached hydrogens (primary N) is 1. The van der Waals surface area contributed by atoms with Gasteiger partial charge in [0.25, 0.3) is 0 Å². The molecule has 1 saturated carbocycles. The van der Waals surface area contributed by atoms with Gasteiger partial charge in [-0.1, -0.05) is 6.07 Å². The average molecular weight is 418 g/mol. The average Bonchev–Trinajstić information content (AvgIpc) is 3.08. The zero-order valence-corrected chi connectivity index (χ0v) is 16.8. The molecule has 0 spiro atoms. The van der Waals surface area contributed by atoms with E-state index < -0.39 is 26.3 Å². The van der Waals surface area contributed by atoms with Gasteiger partial charge < -0.3 is 14.8 Å². The van der Waals surface area contributed by atoms with E-state index in [0.29, 0.717) is 17.9 Å². The summed E-state index contributed by atoms with van der Waals surface area (Å²) in [4.78, 5) is 20.0. The molecule has 11 heteroatoms. The number of hydrogen-bond donors (Lipinski definition) is 3. The number of pyridine rings is 1. The van der Waals surface area contributed by atoms with Gasteiger partial charge in [0.2, 0.25) is 15.9 Å². The summed E-state index contributed by atoms with van der Waals surface area (Å²) in [6.07, 6.45) is 3.21. The molecule has 3 aromatic rings. The Morgan fingerprint density at radius 1 is 1.31 bits per heavy atom. The van der Waals surface area contributed by atoms with Gasteiger partial charge in [0.1, 0.15) is 0 Å². The van der Waals surface area contributed by atoms with Crippen molar-refractivity contribution < 1.29 is 18.3 Å². The maximum atomic E-state index is 13.2. The first-order valence-corrected chi connectivity index (χ1v) is 10.7. The molecule has 1 aliphatic carbocycles. The molecule has 4 N–H and O–H groups in total. The van der Waals surface area contributed by atoms with Crippen molar-refractivity contribution in [1.82, 2.24) is 24.9 Å². The van der Waals surface area contributed by atoms with Crippen LogP contribution in [0.25, 0.3) is 11.3 Å². The summed E-state index contributed by atoms with van der Waals surface area (Å²) in [6, 6.07) is 4.88. The van der Waals surface area contributed by atoms with Gasteiger partial charge in [-0.15, -0.1) is 0 Å². The van der Waals surface area contributed by atoms with Crippen LogP contribution in [-0.4, -0.2) is 50.7 Å². The number of rotatable bonds is 6. The van der Waals surface area contributed by atoms with Crippen LogP contribution in [0.3, 0.4) is 0 Å². The lowest BCUT2D eigenvalue weighted by Gasteiger charge is -2.49. The van der Waals surface area contributed by atoms with Crippen LogP contribution in [0.5, 0.6) is 5.88 Å². The van der Waals surface area contributed by atoms with Gasteiger partial charge in [0, 0.05) is 6.07 Å². The Morgan fingerprint density at radius 3 is 2.72 bits per heavy atom. The third kappa shape index (κ3) is 3.15. The van der Waals surface area contributed by atoms with Crippen molar-refractivity contribution in [3.63, 3.8) is 0 Å². The Labute approximate surface area is 167 Å². The molecule has 0 aromatic carbocycles. The number of aromatic amines is 1. The van der Waals surface area contributed by atoms with Crippen LogP contribution in [0.4, 0.5) is 0 Å². The van der Waals surface area contributed by atoms with Crippen molar-refractivity contribution in [3.05, 3.63) is 42.1 Å². The highest BCUT2D eigenvalue weighted by molar-refractivity contribution is 7.90. The maximum absolute atomic E-state index is 13.2. The second-order valence-electron chi connectivity index (χ2n) is 7.51. The van der Waals surface area contributed by atoms with Gasteiger partial charge in [-0.05, 0) is 38.7 Å². The van der Waals surface area contributed by atoms with Crippen molar-refractivity contribution in [1.29, 1.82) is 0 Å². The Balaban J connectivity index is 2.00. The van der Waals surface area contributed by atoms with E-state index in [1.165, 1.54) is 12.5 Å². The first-order chi connectivity index (χ1) is 13.7. The highest BCUT2D eigenvalue weighted by Gasteiger charge is 2.60. The van der Waals surface area contributed by atoms with E-state index in [4.69, 9.17) is 9.88 Å². The van der Waals surface area contributed by atoms with E-state index in [1.54, 1.807) is 25.1 Å². The normalized spacial score (nSPS) is 24.1. The zero-order chi connectivity index (χ0) is 20.9. The van der Waals surface area contributed by atoms with Crippen LogP contribution in [0.2, 0.25) is 0 Å². The van der Waals surface area contributed by atoms with E-state index in [9.17, 15) is 13.5 Å². The predicted molar refractivity (Wildman–Crippen MR) is 104 cm³/mol. The topological polar surface area (TPSA) is 157 Å². The van der Waals surface area contributed by atoms with Gasteiger partial charge in [-0.2, -0.15) is 0 Å². The molecule has 0 bridgehead atoms. The minimum atomic E-state index is -4.29. The number of fused-ring (bicyclic) bond motifs is 1. The molecule has 1 atom stereocenters. The van der Waals surface area contributed by atoms with Crippen molar-refractivity contribution in [2.24, 2.45) is 11.1 Å². The molecule has 0 radical (unpaired) electrons. The Kier molecular flexibility index (Phi) is 4.56. The van der Waals surface area contributed by atoms with Crippen molar-refractivity contribution >= 4 is 21.3 Å². The molecule has 0 aliphatic heterocycles. The fourth-order valence-electron chi connectivity index (χ4n) is 4.12. The number of aromatic nitrogens is 5. The summed E-state index contributed by atoms with van der Waals surface area (Å²) in [5.41, 5.74) is -0.00167. The van der Waals surface area contributed by atoms with E-state index in [1.807, 2.05) is 6.92 Å². The van der Waals surface area contributed by atoms with E-state index in [2.05, 4.69) is 24.9 Å². The lowest BCUT2D eigenvalue weighted by Crippen LogP contribution is -2.57. The third-order valence-electron chi connectivity index (χ3n) is 5.31. The molecule has 1 fully saturated rings. The van der Waals surface area contributed by atoms with Crippen molar-refractivity contribution in [2.45, 2.75) is 37.0 Å². The summed E-state index contributed by atoms with van der Waals surface area (Å²) in [6.45, 7) is 3.84. The number of sulfonamides is 1. The predicted octanol–water partition coefficient (Wildman–Crippen LogP) is 0.840. The summed E-state index contributed by atoms with van der Waals surface area (Å²) in [7, 11) is -4.29. The zero-order valence-electron chi connectivity index (χ0n) is 16.0. The minimum Gasteiger partial charge on any atom is -0.478 e. The van der Waals surface area contributed by atoms with Crippen LogP contribution in [0, 0.1) is 5.92 Å². The van der Waals surface area contributed by atoms with Gasteiger partial charge in [-0.25, -0.2) is 33.5 Å². The highest BCUT2D eigenvalue weighted by Crippen LogP contribution is 2.53. The monoisotopic (exact) mass is 418 g/mol. The van der Waals surface area contributed by atoms with Crippen molar-refractivity contribution in [3.8, 4) is 5.88 Å². The number of imidazole rings is 1. The number of primary sulfonamides is 1. The minimum absolute atomic E-state index is 0.124. The fraction of sp³-hybridized carbons (Fsp3) is 0.444. The lowest BCUT2D eigenvalue weighted by atomic mass is 9.64. The molecule has 1 unspecified atom stereocenters. The first kappa shape index (κ1) is 19.7. The number of H-pyrrole nitrogens is 1. The maximum Gasteiger partial charge on any atom is 0.226 e. The fourth-order valence-corrected chi connectivity index (χ4v) is 5.55. The molecule has 0 amide bonds. The molecule has 29 heavy (non-hydrogen) atoms. The highest BCUT2D eigenvalue weighted by atomic mass is 32.2. The first-order valence-electron chi connectivity index (χ1n) is 9.19. The molecule has 3 aromatic heterocycles. The molecule has 3 heterocycles. The second-order valence-corrected chi connectivity index (χ2v) is 9.24. The van der Waals surface area contributed by atoms with Crippen LogP contribution in [0.1, 0.15) is 38.1 Å². The molecular weight excluding hydrogens is 396 g/mol. The number of nitrogens with zero attached hydrogens (tertiary/aromatic N) is 4. The smallest absolute Gasteiger partial charge is 0.226 e. The van der Waals surface area contributed by atoms with Crippen molar-refractivity contribution in [2.75, 3.05) is 6.61 Å². The molecule has 4 rings (SSSR count). The van der Waals surface area contributed by atoms with Gasteiger partial charge in [0.05, 0.1) is 36.1 Å². The summed E-state index contributed by atoms with van der Waals surface area (Å²) >= 11 is 0. The molecule has 0 saturated heterocycles. The number of nitrogens with one attached hydrogen (secondary N) is 1. The number of aliphatic hydroxyl groups is 1. The summed E-state index contributed by atoms with van der Waals surface area (Å²) < 4.78 is 30.0. The van der Waals surface area contributed by atoms with Gasteiger partial charge in [-0.3, -0.25) is 0 Å². The summed E-state index contributed by atoms with van der Waals surface area (Å²) in [5.74, 6) is -0.272. The van der Waals surface area contributed by atoms with Crippen LogP contribution >= 0.6 is 0 Å². The van der Waals surface area contributed by atoms with Crippen LogP contribution < -0.4 is 9.88 Å². The van der Waals surface area contributed by atoms with Gasteiger partial charge in [0.15, 0.2) is 16.0 Å². The Bertz CT molecular complexity index is 1150. The number of ether oxygens (including phenoxy) is 1. The molecule has 10 nitrogen and oxygen atoms in total. The Morgan fingerprint density at radius 2 is 2.07 bits per heavy atom. The lowest BCUT2D eigenvalue weighted by molar-refractivity contribution is -0.0678. The second kappa shape index (κ2) is 6.71. The largest absolute Gasteiger partial charge is 0.478 e. The molecule has 1 aliphatic rings. The quantitative estimate of drug-likeness (QED) is 0.531. The third-order valence-corrected chi connectivity index (χ3v) is 6.96.